The maximum absolute atomic E-state index is 12.9. The van der Waals surface area contributed by atoms with Crippen LogP contribution in [0.25, 0.3) is 11.5 Å². The van der Waals surface area contributed by atoms with Crippen LogP contribution in [-0.4, -0.2) is 27.6 Å². The first-order chi connectivity index (χ1) is 15.5. The molecule has 0 aliphatic heterocycles. The van der Waals surface area contributed by atoms with Gasteiger partial charge in [-0.25, -0.2) is 0 Å². The van der Waals surface area contributed by atoms with Gasteiger partial charge in [0.15, 0.2) is 5.78 Å². The van der Waals surface area contributed by atoms with E-state index < -0.39 is 0 Å². The van der Waals surface area contributed by atoms with Crippen molar-refractivity contribution in [3.63, 3.8) is 0 Å². The molecule has 1 N–H and O–H groups in total. The Labute approximate surface area is 198 Å². The SMILES string of the molecule is O=C(CSc1nnc(-c2ccccc2Cl)o1)Nc1ccc(Cl)cc1C(=O)c1ccccc1. The highest BCUT2D eigenvalue weighted by atomic mass is 35.5. The Morgan fingerprint density at radius 2 is 1.69 bits per heavy atom. The van der Waals surface area contributed by atoms with Crippen LogP contribution in [0.3, 0.4) is 0 Å². The molecular weight excluding hydrogens is 469 g/mol. The number of amides is 1. The smallest absolute Gasteiger partial charge is 0.277 e. The first-order valence-electron chi connectivity index (χ1n) is 9.41. The third kappa shape index (κ3) is 5.19. The van der Waals surface area contributed by atoms with Gasteiger partial charge in [0.25, 0.3) is 5.22 Å². The third-order valence-corrected chi connectivity index (χ3v) is 5.76. The monoisotopic (exact) mass is 483 g/mol. The summed E-state index contributed by atoms with van der Waals surface area (Å²) in [5.41, 5.74) is 1.79. The second-order valence-electron chi connectivity index (χ2n) is 6.57. The number of ketones is 1. The van der Waals surface area contributed by atoms with Crippen LogP contribution in [0, 0.1) is 0 Å². The van der Waals surface area contributed by atoms with Crippen LogP contribution in [0.15, 0.2) is 82.4 Å². The highest BCUT2D eigenvalue weighted by Crippen LogP contribution is 2.29. The largest absolute Gasteiger partial charge is 0.411 e. The van der Waals surface area contributed by atoms with Crippen LogP contribution in [0.1, 0.15) is 15.9 Å². The van der Waals surface area contributed by atoms with Gasteiger partial charge in [0.1, 0.15) is 0 Å². The van der Waals surface area contributed by atoms with Crippen molar-refractivity contribution in [2.75, 3.05) is 11.1 Å². The summed E-state index contributed by atoms with van der Waals surface area (Å²) < 4.78 is 5.59. The summed E-state index contributed by atoms with van der Waals surface area (Å²) in [5, 5.41) is 11.8. The minimum absolute atomic E-state index is 0.00570. The Hall–Kier alpha value is -3.13. The number of anilines is 1. The molecule has 1 amide bonds. The van der Waals surface area contributed by atoms with Gasteiger partial charge in [0.05, 0.1) is 22.0 Å². The highest BCUT2D eigenvalue weighted by molar-refractivity contribution is 7.99. The minimum Gasteiger partial charge on any atom is -0.411 e. The van der Waals surface area contributed by atoms with E-state index in [1.54, 1.807) is 54.6 Å². The zero-order valence-electron chi connectivity index (χ0n) is 16.4. The molecule has 1 aromatic heterocycles. The Morgan fingerprint density at radius 1 is 0.938 bits per heavy atom. The molecule has 0 saturated carbocycles. The number of hydrogen-bond acceptors (Lipinski definition) is 6. The van der Waals surface area contributed by atoms with Crippen molar-refractivity contribution in [1.29, 1.82) is 0 Å². The van der Waals surface area contributed by atoms with E-state index in [-0.39, 0.29) is 28.6 Å². The van der Waals surface area contributed by atoms with Crippen LogP contribution >= 0.6 is 35.0 Å². The molecular formula is C23H15Cl2N3O3S. The van der Waals surface area contributed by atoms with Crippen LogP contribution in [-0.2, 0) is 4.79 Å². The molecule has 0 radical (unpaired) electrons. The number of nitrogens with one attached hydrogen (secondary N) is 1. The van der Waals surface area contributed by atoms with E-state index in [2.05, 4.69) is 15.5 Å². The van der Waals surface area contributed by atoms with Crippen LogP contribution in [0.4, 0.5) is 5.69 Å². The zero-order valence-corrected chi connectivity index (χ0v) is 18.7. The number of carbonyl (C=O) groups is 2. The predicted molar refractivity (Wildman–Crippen MR) is 125 cm³/mol. The Morgan fingerprint density at radius 3 is 2.47 bits per heavy atom. The van der Waals surface area contributed by atoms with E-state index in [4.69, 9.17) is 27.6 Å². The minimum atomic E-state index is -0.336. The van der Waals surface area contributed by atoms with E-state index in [1.165, 1.54) is 6.07 Å². The number of benzene rings is 3. The van der Waals surface area contributed by atoms with Gasteiger partial charge in [-0.1, -0.05) is 77.4 Å². The standard InChI is InChI=1S/C23H15Cl2N3O3S/c24-15-10-11-19(17(12-15)21(30)14-6-2-1-3-7-14)26-20(29)13-32-23-28-27-22(31-23)16-8-4-5-9-18(16)25/h1-12H,13H2,(H,26,29). The van der Waals surface area contributed by atoms with E-state index in [0.717, 1.165) is 11.8 Å². The molecule has 3 aromatic carbocycles. The molecule has 0 saturated heterocycles. The molecule has 0 aliphatic carbocycles. The molecule has 0 fully saturated rings. The van der Waals surface area contributed by atoms with Crippen LogP contribution < -0.4 is 5.32 Å². The molecule has 0 atom stereocenters. The summed E-state index contributed by atoms with van der Waals surface area (Å²) in [6.07, 6.45) is 0. The van der Waals surface area contributed by atoms with Gasteiger partial charge in [0.2, 0.25) is 11.8 Å². The fourth-order valence-electron chi connectivity index (χ4n) is 2.88. The Bertz CT molecular complexity index is 1280. The lowest BCUT2D eigenvalue weighted by Crippen LogP contribution is -2.17. The molecule has 160 valence electrons. The van der Waals surface area contributed by atoms with Gasteiger partial charge in [0, 0.05) is 16.1 Å². The Balaban J connectivity index is 1.44. The van der Waals surface area contributed by atoms with Crippen LogP contribution in [0.5, 0.6) is 0 Å². The average molecular weight is 484 g/mol. The van der Waals surface area contributed by atoms with E-state index in [9.17, 15) is 9.59 Å². The zero-order chi connectivity index (χ0) is 22.5. The van der Waals surface area contributed by atoms with Gasteiger partial charge in [-0.2, -0.15) is 0 Å². The van der Waals surface area contributed by atoms with Crippen molar-refractivity contribution in [3.05, 3.63) is 94.0 Å². The fraction of sp³-hybridized carbons (Fsp3) is 0.0435. The van der Waals surface area contributed by atoms with Crippen molar-refractivity contribution in [3.8, 4) is 11.5 Å². The second-order valence-corrected chi connectivity index (χ2v) is 8.35. The molecule has 32 heavy (non-hydrogen) atoms. The van der Waals surface area contributed by atoms with Gasteiger partial charge in [-0.3, -0.25) is 9.59 Å². The molecule has 0 bridgehead atoms. The highest BCUT2D eigenvalue weighted by Gasteiger charge is 2.17. The lowest BCUT2D eigenvalue weighted by atomic mass is 10.0. The molecule has 4 aromatic rings. The summed E-state index contributed by atoms with van der Waals surface area (Å²) >= 11 is 13.3. The predicted octanol–water partition coefficient (Wildman–Crippen LogP) is 6.01. The van der Waals surface area contributed by atoms with Crippen molar-refractivity contribution < 1.29 is 14.0 Å². The van der Waals surface area contributed by atoms with Gasteiger partial charge in [-0.05, 0) is 30.3 Å². The topological polar surface area (TPSA) is 85.1 Å². The van der Waals surface area contributed by atoms with Crippen molar-refractivity contribution in [2.24, 2.45) is 0 Å². The molecule has 0 unspecified atom stereocenters. The summed E-state index contributed by atoms with van der Waals surface area (Å²) in [6, 6.07) is 20.6. The number of thioether (sulfide) groups is 1. The lowest BCUT2D eigenvalue weighted by Gasteiger charge is -2.11. The average Bonchev–Trinajstić information content (AvgIpc) is 3.28. The first-order valence-corrected chi connectivity index (χ1v) is 11.2. The van der Waals surface area contributed by atoms with Crippen molar-refractivity contribution >= 4 is 52.3 Å². The Kier molecular flexibility index (Phi) is 6.90. The normalized spacial score (nSPS) is 10.7. The maximum atomic E-state index is 12.9. The second kappa shape index (κ2) is 9.99. The third-order valence-electron chi connectivity index (χ3n) is 4.37. The number of nitrogens with zero attached hydrogens (tertiary/aromatic N) is 2. The van der Waals surface area contributed by atoms with Gasteiger partial charge in [-0.15, -0.1) is 10.2 Å². The summed E-state index contributed by atoms with van der Waals surface area (Å²) in [6.45, 7) is 0. The lowest BCUT2D eigenvalue weighted by molar-refractivity contribution is -0.113. The van der Waals surface area contributed by atoms with Crippen molar-refractivity contribution in [1.82, 2.24) is 10.2 Å². The summed E-state index contributed by atoms with van der Waals surface area (Å²) in [5.74, 6) is -0.299. The van der Waals surface area contributed by atoms with Crippen LogP contribution in [0.2, 0.25) is 10.0 Å². The molecule has 4 rings (SSSR count). The van der Waals surface area contributed by atoms with E-state index in [1.807, 2.05) is 12.1 Å². The number of halogens is 2. The fourth-order valence-corrected chi connectivity index (χ4v) is 3.84. The maximum Gasteiger partial charge on any atom is 0.277 e. The van der Waals surface area contributed by atoms with Crippen molar-refractivity contribution in [2.45, 2.75) is 5.22 Å². The first kappa shape index (κ1) is 22.1. The number of aromatic nitrogens is 2. The number of carbonyl (C=O) groups excluding carboxylic acids is 2. The molecule has 9 heteroatoms. The van der Waals surface area contributed by atoms with E-state index >= 15 is 0 Å². The van der Waals surface area contributed by atoms with Gasteiger partial charge >= 0.3 is 0 Å². The van der Waals surface area contributed by atoms with E-state index in [0.29, 0.717) is 32.4 Å². The molecule has 0 spiro atoms. The number of rotatable bonds is 7. The molecule has 0 aliphatic rings. The molecule has 6 nitrogen and oxygen atoms in total. The molecule has 1 heterocycles. The number of hydrogen-bond donors (Lipinski definition) is 1. The van der Waals surface area contributed by atoms with Gasteiger partial charge < -0.3 is 9.73 Å². The quantitative estimate of drug-likeness (QED) is 0.256. The summed E-state index contributed by atoms with van der Waals surface area (Å²) in [4.78, 5) is 25.4. The summed E-state index contributed by atoms with van der Waals surface area (Å²) in [7, 11) is 0.